The van der Waals surface area contributed by atoms with Crippen LogP contribution in [0.25, 0.3) is 34.4 Å². The Morgan fingerprint density at radius 1 is 0.600 bits per heavy atom. The van der Waals surface area contributed by atoms with E-state index in [4.69, 9.17) is 0 Å². The summed E-state index contributed by atoms with van der Waals surface area (Å²) in [5.74, 6) is 1.08. The van der Waals surface area contributed by atoms with Crippen LogP contribution >= 0.6 is 0 Å². The topological polar surface area (TPSA) is 0 Å². The molecular formula is C43H54HfSi. The maximum atomic E-state index is 2.83. The van der Waals surface area contributed by atoms with Crippen LogP contribution in [0.5, 0.6) is 0 Å². The van der Waals surface area contributed by atoms with E-state index in [9.17, 15) is 0 Å². The van der Waals surface area contributed by atoms with E-state index in [1.807, 2.05) is 0 Å². The van der Waals surface area contributed by atoms with Crippen LogP contribution < -0.4 is 0 Å². The minimum absolute atomic E-state index is 0.429. The summed E-state index contributed by atoms with van der Waals surface area (Å²) >= 11 is -4.91. The summed E-state index contributed by atoms with van der Waals surface area (Å²) in [6, 6.07) is 32.9. The van der Waals surface area contributed by atoms with Crippen LogP contribution in [-0.4, -0.2) is 6.94 Å². The molecule has 0 radical (unpaired) electrons. The van der Waals surface area contributed by atoms with Gasteiger partial charge in [-0.3, -0.25) is 0 Å². The molecule has 2 aliphatic rings. The van der Waals surface area contributed by atoms with E-state index in [2.05, 4.69) is 165 Å². The summed E-state index contributed by atoms with van der Waals surface area (Å²) in [5, 5.41) is 0. The Morgan fingerprint density at radius 3 is 1.36 bits per heavy atom. The summed E-state index contributed by atoms with van der Waals surface area (Å²) in [4.78, 5) is 0. The molecule has 0 saturated carbocycles. The summed E-state index contributed by atoms with van der Waals surface area (Å²) in [5.41, 5.74) is 14.2. The van der Waals surface area contributed by atoms with E-state index in [1.54, 1.807) is 11.1 Å². The van der Waals surface area contributed by atoms with E-state index in [0.29, 0.717) is 19.2 Å². The molecule has 45 heavy (non-hydrogen) atoms. The zero-order valence-electron chi connectivity index (χ0n) is 29.0. The van der Waals surface area contributed by atoms with Crippen LogP contribution in [0.1, 0.15) is 100 Å². The van der Waals surface area contributed by atoms with Crippen LogP contribution in [0.2, 0.25) is 18.2 Å². The summed E-state index contributed by atoms with van der Waals surface area (Å²) in [6.45, 7) is 14.0. The zero-order chi connectivity index (χ0) is 32.3. The second kappa shape index (κ2) is 10.2. The average Bonchev–Trinajstić information content (AvgIpc) is 3.67. The normalized spacial score (nSPS) is 19.6. The Morgan fingerprint density at radius 2 is 1.00 bits per heavy atom. The molecule has 0 heterocycles. The summed E-state index contributed by atoms with van der Waals surface area (Å²) < 4.78 is 10.7. The molecule has 0 saturated heterocycles. The Kier molecular flexibility index (Phi) is 7.36. The van der Waals surface area contributed by atoms with Gasteiger partial charge in [0.15, 0.2) is 0 Å². The second-order valence-electron chi connectivity index (χ2n) is 18.5. The zero-order valence-corrected chi connectivity index (χ0v) is 34.0. The van der Waals surface area contributed by atoms with Crippen molar-refractivity contribution in [1.82, 2.24) is 0 Å². The molecule has 0 aliphatic heterocycles. The van der Waals surface area contributed by atoms with E-state index in [0.717, 1.165) is 0 Å². The molecule has 0 spiro atoms. The third kappa shape index (κ3) is 5.19. The fourth-order valence-corrected chi connectivity index (χ4v) is 48.8. The molecule has 0 fully saturated rings. The molecular weight excluding hydrogens is 723 g/mol. The van der Waals surface area contributed by atoms with E-state index in [1.165, 1.54) is 61.5 Å². The van der Waals surface area contributed by atoms with Crippen LogP contribution in [0.4, 0.5) is 0 Å². The van der Waals surface area contributed by atoms with Crippen LogP contribution in [-0.2, 0) is 14.2 Å². The van der Waals surface area contributed by atoms with Crippen molar-refractivity contribution < 1.29 is 14.2 Å². The molecule has 4 aromatic rings. The molecule has 0 N–H and O–H groups in total. The predicted molar refractivity (Wildman–Crippen MR) is 201 cm³/mol. The number of benzene rings is 4. The molecule has 4 aromatic carbocycles. The van der Waals surface area contributed by atoms with Crippen molar-refractivity contribution >= 4 is 19.1 Å². The first-order chi connectivity index (χ1) is 21.1. The van der Waals surface area contributed by atoms with Crippen molar-refractivity contribution in [2.45, 2.75) is 84.9 Å². The molecule has 6 rings (SSSR count). The van der Waals surface area contributed by atoms with E-state index in [-0.39, 0.29) is 0 Å². The number of unbranched alkanes of at least 4 members (excludes halogenated alkanes) is 1. The Labute approximate surface area is 269 Å². The first-order valence-electron chi connectivity index (χ1n) is 17.5. The van der Waals surface area contributed by atoms with Crippen molar-refractivity contribution in [2.24, 2.45) is 0 Å². The van der Waals surface area contributed by atoms with Gasteiger partial charge in [-0.15, -0.1) is 0 Å². The van der Waals surface area contributed by atoms with Crippen LogP contribution in [0, 0.1) is 0 Å². The standard InChI is InChI=1S/2C18H17.C4H9.3CH3.Hf.H2Si/c2*1-13(2)14-9-11-16(12-10-14)18-8-4-6-15-5-3-7-17(15)18;1-3-4-2;;;;;/h2*3-13H,1-2H3;1,3-4H2,2H3;3*1H3;;1H2. The van der Waals surface area contributed by atoms with E-state index < -0.39 is 14.2 Å². The van der Waals surface area contributed by atoms with E-state index >= 15 is 0 Å². The van der Waals surface area contributed by atoms with Gasteiger partial charge < -0.3 is 0 Å². The Balaban J connectivity index is 1.51. The third-order valence-corrected chi connectivity index (χ3v) is 58.5. The first-order valence-corrected chi connectivity index (χ1v) is 43.3. The van der Waals surface area contributed by atoms with Crippen molar-refractivity contribution in [1.29, 1.82) is 0 Å². The average molecular weight is 777 g/mol. The van der Waals surface area contributed by atoms with Gasteiger partial charge in [-0.05, 0) is 0 Å². The molecule has 234 valence electrons. The maximum absolute atomic E-state index is 4.91. The minimum atomic E-state index is -4.91. The number of fused-ring (bicyclic) bond motifs is 2. The summed E-state index contributed by atoms with van der Waals surface area (Å²) in [6.07, 6.45) is 12.8. The number of hydrogen-bond acceptors (Lipinski definition) is 0. The Bertz CT molecular complexity index is 1830. The fourth-order valence-electron chi connectivity index (χ4n) is 9.33. The molecule has 0 bridgehead atoms. The van der Waals surface area contributed by atoms with Gasteiger partial charge in [0.2, 0.25) is 0 Å². The summed E-state index contributed by atoms with van der Waals surface area (Å²) in [7, 11) is 0. The number of rotatable bonds is 9. The molecule has 0 amide bonds. The third-order valence-electron chi connectivity index (χ3n) is 12.5. The van der Waals surface area contributed by atoms with Gasteiger partial charge in [0.1, 0.15) is 0 Å². The van der Waals surface area contributed by atoms with Gasteiger partial charge in [-0.25, -0.2) is 0 Å². The number of allylic oxidation sites excluding steroid dienone is 2. The second-order valence-corrected chi connectivity index (χ2v) is 100. The Hall–Kier alpha value is -2.55. The SMILES string of the molecule is CCC[CH2][Hf]([CH3])([CH3])([CH3])(=[SiH2])([CH]1C=Cc2c(-c3ccc(C(C)C)cc3)cccc21)[CH]1C=Cc2c(-c3ccc(C(C)C)cc3)cccc21. The first kappa shape index (κ1) is 32.4. The molecule has 0 nitrogen and oxygen atoms in total. The van der Waals surface area contributed by atoms with Crippen LogP contribution in [0.3, 0.4) is 0 Å². The van der Waals surface area contributed by atoms with Gasteiger partial charge in [0.05, 0.1) is 0 Å². The molecule has 2 atom stereocenters. The van der Waals surface area contributed by atoms with Gasteiger partial charge in [0.25, 0.3) is 0 Å². The van der Waals surface area contributed by atoms with Gasteiger partial charge >= 0.3 is 271 Å². The monoisotopic (exact) mass is 778 g/mol. The van der Waals surface area contributed by atoms with Crippen molar-refractivity contribution in [3.05, 3.63) is 130 Å². The predicted octanol–water partition coefficient (Wildman–Crippen LogP) is 12.8. The fraction of sp³-hybridized carbons (Fsp3) is 0.349. The van der Waals surface area contributed by atoms with Crippen LogP contribution in [0.15, 0.2) is 97.1 Å². The van der Waals surface area contributed by atoms with Crippen molar-refractivity contribution in [3.63, 3.8) is 0 Å². The van der Waals surface area contributed by atoms with Gasteiger partial charge in [-0.2, -0.15) is 0 Å². The quantitative estimate of drug-likeness (QED) is 0.149. The van der Waals surface area contributed by atoms with Gasteiger partial charge in [-0.1, -0.05) is 0 Å². The molecule has 0 aromatic heterocycles. The van der Waals surface area contributed by atoms with Crippen molar-refractivity contribution in [2.75, 3.05) is 0 Å². The van der Waals surface area contributed by atoms with Crippen molar-refractivity contribution in [3.8, 4) is 22.3 Å². The molecule has 2 unspecified atom stereocenters. The molecule has 2 aliphatic carbocycles. The number of hydrogen-bond donors (Lipinski definition) is 0. The van der Waals surface area contributed by atoms with Gasteiger partial charge in [0, 0.05) is 0 Å². The molecule has 2 heteroatoms.